The van der Waals surface area contributed by atoms with Crippen LogP contribution < -0.4 is 10.6 Å². The fourth-order valence-corrected chi connectivity index (χ4v) is 2.38. The number of hydrogen-bond donors (Lipinski definition) is 2. The number of anilines is 1. The van der Waals surface area contributed by atoms with E-state index in [-0.39, 0.29) is 18.3 Å². The van der Waals surface area contributed by atoms with Gasteiger partial charge in [-0.3, -0.25) is 4.79 Å². The van der Waals surface area contributed by atoms with Gasteiger partial charge < -0.3 is 10.6 Å². The summed E-state index contributed by atoms with van der Waals surface area (Å²) in [5, 5.41) is 5.89. The van der Waals surface area contributed by atoms with Gasteiger partial charge in [0.25, 0.3) is 0 Å². The number of rotatable bonds is 6. The molecule has 0 unspecified atom stereocenters. The second kappa shape index (κ2) is 7.71. The van der Waals surface area contributed by atoms with Crippen LogP contribution >= 0.6 is 0 Å². The standard InChI is InChI=1S/C18H21FN2O/c1-13-9-14(2)11-16(10-13)21-18(22)12-20-8-7-15-5-3-4-6-17(15)19/h3-6,9-11,20H,7-8,12H2,1-2H3,(H,21,22). The lowest BCUT2D eigenvalue weighted by molar-refractivity contribution is -0.115. The normalized spacial score (nSPS) is 10.5. The predicted molar refractivity (Wildman–Crippen MR) is 87.5 cm³/mol. The number of hydrogen-bond acceptors (Lipinski definition) is 2. The van der Waals surface area contributed by atoms with E-state index >= 15 is 0 Å². The van der Waals surface area contributed by atoms with Crippen LogP contribution in [0.3, 0.4) is 0 Å². The summed E-state index contributed by atoms with van der Waals surface area (Å²) >= 11 is 0. The molecule has 116 valence electrons. The number of nitrogens with one attached hydrogen (secondary N) is 2. The number of aryl methyl sites for hydroxylation is 2. The maximum Gasteiger partial charge on any atom is 0.238 e. The molecule has 2 rings (SSSR count). The zero-order valence-electron chi connectivity index (χ0n) is 12.9. The highest BCUT2D eigenvalue weighted by atomic mass is 19.1. The molecule has 0 aliphatic rings. The van der Waals surface area contributed by atoms with Crippen molar-refractivity contribution in [1.82, 2.24) is 5.32 Å². The molecule has 0 atom stereocenters. The first-order valence-corrected chi connectivity index (χ1v) is 7.37. The average molecular weight is 300 g/mol. The molecule has 2 aromatic rings. The lowest BCUT2D eigenvalue weighted by Crippen LogP contribution is -2.29. The maximum absolute atomic E-state index is 13.4. The Hall–Kier alpha value is -2.20. The van der Waals surface area contributed by atoms with Crippen LogP contribution in [0, 0.1) is 19.7 Å². The van der Waals surface area contributed by atoms with Crippen LogP contribution in [0.15, 0.2) is 42.5 Å². The molecule has 0 aliphatic heterocycles. The van der Waals surface area contributed by atoms with Gasteiger partial charge in [0.2, 0.25) is 5.91 Å². The highest BCUT2D eigenvalue weighted by Gasteiger charge is 2.04. The molecule has 0 radical (unpaired) electrons. The molecule has 2 N–H and O–H groups in total. The van der Waals surface area contributed by atoms with Crippen LogP contribution in [-0.2, 0) is 11.2 Å². The van der Waals surface area contributed by atoms with E-state index in [0.29, 0.717) is 18.5 Å². The van der Waals surface area contributed by atoms with Crippen LogP contribution in [0.4, 0.5) is 10.1 Å². The maximum atomic E-state index is 13.4. The Labute approximate surface area is 130 Å². The first kappa shape index (κ1) is 16.2. The third kappa shape index (κ3) is 4.97. The van der Waals surface area contributed by atoms with Crippen molar-refractivity contribution in [3.63, 3.8) is 0 Å². The molecule has 0 heterocycles. The van der Waals surface area contributed by atoms with E-state index in [9.17, 15) is 9.18 Å². The summed E-state index contributed by atoms with van der Waals surface area (Å²) in [6.45, 7) is 4.76. The fraction of sp³-hybridized carbons (Fsp3) is 0.278. The van der Waals surface area contributed by atoms with Crippen molar-refractivity contribution in [2.24, 2.45) is 0 Å². The quantitative estimate of drug-likeness (QED) is 0.804. The van der Waals surface area contributed by atoms with Gasteiger partial charge in [0, 0.05) is 5.69 Å². The molecule has 0 bridgehead atoms. The molecule has 4 heteroatoms. The molecule has 0 fully saturated rings. The summed E-state index contributed by atoms with van der Waals surface area (Å²) < 4.78 is 13.4. The van der Waals surface area contributed by atoms with Crippen molar-refractivity contribution in [3.8, 4) is 0 Å². The van der Waals surface area contributed by atoms with Gasteiger partial charge in [-0.05, 0) is 61.7 Å². The highest BCUT2D eigenvalue weighted by molar-refractivity contribution is 5.92. The monoisotopic (exact) mass is 300 g/mol. The van der Waals surface area contributed by atoms with Crippen LogP contribution in [-0.4, -0.2) is 19.0 Å². The average Bonchev–Trinajstić information content (AvgIpc) is 2.44. The second-order valence-electron chi connectivity index (χ2n) is 5.44. The highest BCUT2D eigenvalue weighted by Crippen LogP contribution is 2.13. The molecular weight excluding hydrogens is 279 g/mol. The summed E-state index contributed by atoms with van der Waals surface area (Å²) in [7, 11) is 0. The SMILES string of the molecule is Cc1cc(C)cc(NC(=O)CNCCc2ccccc2F)c1. The van der Waals surface area contributed by atoms with Crippen molar-refractivity contribution in [3.05, 3.63) is 65.0 Å². The van der Waals surface area contributed by atoms with Crippen molar-refractivity contribution < 1.29 is 9.18 Å². The van der Waals surface area contributed by atoms with E-state index < -0.39 is 0 Å². The first-order valence-electron chi connectivity index (χ1n) is 7.37. The van der Waals surface area contributed by atoms with Crippen LogP contribution in [0.5, 0.6) is 0 Å². The smallest absolute Gasteiger partial charge is 0.238 e. The summed E-state index contributed by atoms with van der Waals surface area (Å²) in [6.07, 6.45) is 0.559. The molecule has 0 saturated carbocycles. The van der Waals surface area contributed by atoms with E-state index in [1.165, 1.54) is 6.07 Å². The van der Waals surface area contributed by atoms with Crippen molar-refractivity contribution in [2.75, 3.05) is 18.4 Å². The minimum absolute atomic E-state index is 0.0986. The predicted octanol–water partition coefficient (Wildman–Crippen LogP) is 3.21. The molecular formula is C18H21FN2O. The van der Waals surface area contributed by atoms with Crippen molar-refractivity contribution in [1.29, 1.82) is 0 Å². The summed E-state index contributed by atoms with van der Waals surface area (Å²) in [6, 6.07) is 12.6. The van der Waals surface area contributed by atoms with Gasteiger partial charge in [-0.1, -0.05) is 24.3 Å². The molecule has 1 amide bonds. The lowest BCUT2D eigenvalue weighted by Gasteiger charge is -2.09. The molecule has 0 spiro atoms. The van der Waals surface area contributed by atoms with Gasteiger partial charge in [0.05, 0.1) is 6.54 Å². The Morgan fingerprint density at radius 1 is 1.09 bits per heavy atom. The molecule has 0 aromatic heterocycles. The van der Waals surface area contributed by atoms with Crippen molar-refractivity contribution in [2.45, 2.75) is 20.3 Å². The number of benzene rings is 2. The van der Waals surface area contributed by atoms with Gasteiger partial charge in [-0.2, -0.15) is 0 Å². The first-order chi connectivity index (χ1) is 10.5. The Bertz CT molecular complexity index is 635. The molecule has 0 saturated heterocycles. The molecule has 22 heavy (non-hydrogen) atoms. The fourth-order valence-electron chi connectivity index (χ4n) is 2.38. The lowest BCUT2D eigenvalue weighted by atomic mass is 10.1. The van der Waals surface area contributed by atoms with Crippen molar-refractivity contribution >= 4 is 11.6 Å². The number of halogens is 1. The largest absolute Gasteiger partial charge is 0.325 e. The van der Waals surface area contributed by atoms with E-state index in [0.717, 1.165) is 16.8 Å². The number of carbonyl (C=O) groups excluding carboxylic acids is 1. The zero-order valence-corrected chi connectivity index (χ0v) is 12.9. The second-order valence-corrected chi connectivity index (χ2v) is 5.44. The molecule has 0 aliphatic carbocycles. The Kier molecular flexibility index (Phi) is 5.67. The van der Waals surface area contributed by atoms with Crippen LogP contribution in [0.2, 0.25) is 0 Å². The number of amides is 1. The Morgan fingerprint density at radius 3 is 2.45 bits per heavy atom. The third-order valence-corrected chi connectivity index (χ3v) is 3.32. The zero-order chi connectivity index (χ0) is 15.9. The van der Waals surface area contributed by atoms with E-state index in [4.69, 9.17) is 0 Å². The van der Waals surface area contributed by atoms with Gasteiger partial charge in [0.15, 0.2) is 0 Å². The molecule has 3 nitrogen and oxygen atoms in total. The van der Waals surface area contributed by atoms with Gasteiger partial charge >= 0.3 is 0 Å². The van der Waals surface area contributed by atoms with E-state index in [1.54, 1.807) is 12.1 Å². The van der Waals surface area contributed by atoms with Gasteiger partial charge in [-0.15, -0.1) is 0 Å². The number of carbonyl (C=O) groups is 1. The minimum atomic E-state index is -0.205. The summed E-state index contributed by atoms with van der Waals surface area (Å²) in [5.74, 6) is -0.303. The van der Waals surface area contributed by atoms with Crippen LogP contribution in [0.25, 0.3) is 0 Å². The van der Waals surface area contributed by atoms with E-state index in [1.807, 2.05) is 32.0 Å². The Morgan fingerprint density at radius 2 is 1.77 bits per heavy atom. The topological polar surface area (TPSA) is 41.1 Å². The van der Waals surface area contributed by atoms with Crippen LogP contribution in [0.1, 0.15) is 16.7 Å². The third-order valence-electron chi connectivity index (χ3n) is 3.32. The minimum Gasteiger partial charge on any atom is -0.325 e. The van der Waals surface area contributed by atoms with Gasteiger partial charge in [-0.25, -0.2) is 4.39 Å². The van der Waals surface area contributed by atoms with Gasteiger partial charge in [0.1, 0.15) is 5.82 Å². The summed E-state index contributed by atoms with van der Waals surface area (Å²) in [5.41, 5.74) is 3.69. The van der Waals surface area contributed by atoms with E-state index in [2.05, 4.69) is 16.7 Å². The molecule has 2 aromatic carbocycles. The Balaban J connectivity index is 1.75. The summed E-state index contributed by atoms with van der Waals surface area (Å²) in [4.78, 5) is 11.9.